The molecule has 0 saturated heterocycles. The van der Waals surface area contributed by atoms with Gasteiger partial charge in [0.1, 0.15) is 5.82 Å². The number of aromatic nitrogens is 2. The summed E-state index contributed by atoms with van der Waals surface area (Å²) in [6, 6.07) is 13.3. The zero-order valence-corrected chi connectivity index (χ0v) is 13.2. The molecule has 1 N–H and O–H groups in total. The van der Waals surface area contributed by atoms with E-state index < -0.39 is 0 Å². The maximum absolute atomic E-state index is 12.5. The molecule has 112 valence electrons. The van der Waals surface area contributed by atoms with Crippen LogP contribution in [0, 0.1) is 0 Å². The van der Waals surface area contributed by atoms with Gasteiger partial charge >= 0.3 is 5.69 Å². The van der Waals surface area contributed by atoms with Crippen LogP contribution in [0.4, 0.5) is 5.82 Å². The van der Waals surface area contributed by atoms with Crippen molar-refractivity contribution >= 4 is 28.3 Å². The Morgan fingerprint density at radius 3 is 2.68 bits per heavy atom. The Morgan fingerprint density at radius 2 is 2.00 bits per heavy atom. The van der Waals surface area contributed by atoms with E-state index in [2.05, 4.69) is 17.2 Å². The third-order valence-corrected chi connectivity index (χ3v) is 4.01. The van der Waals surface area contributed by atoms with Crippen molar-refractivity contribution in [1.29, 1.82) is 0 Å². The Kier molecular flexibility index (Phi) is 3.86. The number of hydrogen-bond acceptors (Lipinski definition) is 3. The molecule has 0 atom stereocenters. The molecule has 0 aliphatic heterocycles. The molecule has 2 aromatic carbocycles. The lowest BCUT2D eigenvalue weighted by Gasteiger charge is -2.14. The molecule has 5 heteroatoms. The highest BCUT2D eigenvalue weighted by atomic mass is 35.5. The van der Waals surface area contributed by atoms with Gasteiger partial charge in [0.2, 0.25) is 0 Å². The van der Waals surface area contributed by atoms with Gasteiger partial charge in [-0.3, -0.25) is 4.57 Å². The van der Waals surface area contributed by atoms with Crippen molar-refractivity contribution in [2.24, 2.45) is 0 Å². The van der Waals surface area contributed by atoms with Gasteiger partial charge in [-0.05, 0) is 36.2 Å². The number of nitrogens with one attached hydrogen (secondary N) is 1. The minimum atomic E-state index is -0.349. The molecule has 1 aromatic heterocycles. The number of para-hydroxylation sites is 1. The summed E-state index contributed by atoms with van der Waals surface area (Å²) >= 11 is 6.28. The van der Waals surface area contributed by atoms with E-state index in [1.807, 2.05) is 36.4 Å². The molecule has 0 amide bonds. The fraction of sp³-hybridized carbons (Fsp3) is 0.176. The van der Waals surface area contributed by atoms with Crippen LogP contribution in [0.3, 0.4) is 0 Å². The monoisotopic (exact) mass is 313 g/mol. The van der Waals surface area contributed by atoms with Gasteiger partial charge in [-0.15, -0.1) is 0 Å². The quantitative estimate of drug-likeness (QED) is 0.803. The normalized spacial score (nSPS) is 10.9. The first-order chi connectivity index (χ1) is 10.7. The van der Waals surface area contributed by atoms with Crippen LogP contribution >= 0.6 is 11.6 Å². The van der Waals surface area contributed by atoms with E-state index in [0.29, 0.717) is 16.5 Å². The van der Waals surface area contributed by atoms with E-state index in [1.54, 1.807) is 17.7 Å². The Hall–Kier alpha value is -2.33. The van der Waals surface area contributed by atoms with Gasteiger partial charge in [-0.1, -0.05) is 36.7 Å². The summed E-state index contributed by atoms with van der Waals surface area (Å²) in [6.07, 6.45) is 0.893. The molecule has 1 heterocycles. The van der Waals surface area contributed by atoms with Crippen molar-refractivity contribution in [2.75, 3.05) is 12.4 Å². The number of halogens is 1. The van der Waals surface area contributed by atoms with Gasteiger partial charge in [0.05, 0.1) is 16.2 Å². The third kappa shape index (κ3) is 2.35. The van der Waals surface area contributed by atoms with Gasteiger partial charge in [0, 0.05) is 12.4 Å². The molecule has 0 aliphatic rings. The second kappa shape index (κ2) is 5.81. The Labute approximate surface area is 133 Å². The van der Waals surface area contributed by atoms with Crippen molar-refractivity contribution in [1.82, 2.24) is 9.55 Å². The molecule has 4 nitrogen and oxygen atoms in total. The van der Waals surface area contributed by atoms with E-state index in [4.69, 9.17) is 11.6 Å². The second-order valence-electron chi connectivity index (χ2n) is 4.98. The summed E-state index contributed by atoms with van der Waals surface area (Å²) in [5, 5.41) is 4.39. The molecule has 3 aromatic rings. The van der Waals surface area contributed by atoms with Gasteiger partial charge in [0.25, 0.3) is 0 Å². The second-order valence-corrected chi connectivity index (χ2v) is 5.39. The highest BCUT2D eigenvalue weighted by Gasteiger charge is 2.13. The van der Waals surface area contributed by atoms with Crippen LogP contribution in [-0.4, -0.2) is 16.6 Å². The highest BCUT2D eigenvalue weighted by Crippen LogP contribution is 2.26. The minimum absolute atomic E-state index is 0.349. The van der Waals surface area contributed by atoms with Crippen LogP contribution in [0.25, 0.3) is 16.6 Å². The van der Waals surface area contributed by atoms with Crippen LogP contribution in [0.5, 0.6) is 0 Å². The standard InChI is InChI=1S/C17H16ClN3O/c1-3-11-8-9-12-15(10-11)21(17(22)20-16(12)19-2)14-7-5-4-6-13(14)18/h4-10H,3H2,1-2H3,(H,19,20,22). The van der Waals surface area contributed by atoms with Crippen LogP contribution < -0.4 is 11.0 Å². The number of rotatable bonds is 3. The number of hydrogen-bond donors (Lipinski definition) is 1. The molecule has 22 heavy (non-hydrogen) atoms. The largest absolute Gasteiger partial charge is 0.372 e. The molecule has 0 aliphatic carbocycles. The van der Waals surface area contributed by atoms with Gasteiger partial charge < -0.3 is 5.32 Å². The average molecular weight is 314 g/mol. The minimum Gasteiger partial charge on any atom is -0.372 e. The fourth-order valence-electron chi connectivity index (χ4n) is 2.55. The number of nitrogens with zero attached hydrogens (tertiary/aromatic N) is 2. The number of benzene rings is 2. The summed E-state index contributed by atoms with van der Waals surface area (Å²) < 4.78 is 1.57. The summed E-state index contributed by atoms with van der Waals surface area (Å²) in [5.41, 5.74) is 2.25. The predicted octanol–water partition coefficient (Wildman–Crippen LogP) is 3.64. The highest BCUT2D eigenvalue weighted by molar-refractivity contribution is 6.32. The predicted molar refractivity (Wildman–Crippen MR) is 91.3 cm³/mol. The van der Waals surface area contributed by atoms with E-state index in [1.165, 1.54) is 0 Å². The van der Waals surface area contributed by atoms with E-state index in [0.717, 1.165) is 22.9 Å². The fourth-order valence-corrected chi connectivity index (χ4v) is 2.77. The van der Waals surface area contributed by atoms with Gasteiger partial charge in [-0.2, -0.15) is 4.98 Å². The lowest BCUT2D eigenvalue weighted by atomic mass is 10.1. The van der Waals surface area contributed by atoms with E-state index >= 15 is 0 Å². The molecule has 0 radical (unpaired) electrons. The van der Waals surface area contributed by atoms with Crippen molar-refractivity contribution in [3.8, 4) is 5.69 Å². The molecule has 0 bridgehead atoms. The zero-order valence-electron chi connectivity index (χ0n) is 12.4. The molecule has 0 spiro atoms. The lowest BCUT2D eigenvalue weighted by molar-refractivity contribution is 0.958. The zero-order chi connectivity index (χ0) is 15.7. The van der Waals surface area contributed by atoms with Crippen molar-refractivity contribution in [2.45, 2.75) is 13.3 Å². The first kappa shape index (κ1) is 14.6. The molecule has 0 unspecified atom stereocenters. The topological polar surface area (TPSA) is 46.9 Å². The summed E-state index contributed by atoms with van der Waals surface area (Å²) in [7, 11) is 1.76. The first-order valence-electron chi connectivity index (χ1n) is 7.14. The Bertz CT molecular complexity index is 902. The van der Waals surface area contributed by atoms with E-state index in [-0.39, 0.29) is 5.69 Å². The van der Waals surface area contributed by atoms with E-state index in [9.17, 15) is 4.79 Å². The van der Waals surface area contributed by atoms with Crippen LogP contribution in [0.1, 0.15) is 12.5 Å². The maximum Gasteiger partial charge on any atom is 0.354 e. The first-order valence-corrected chi connectivity index (χ1v) is 7.52. The summed E-state index contributed by atoms with van der Waals surface area (Å²) in [4.78, 5) is 16.6. The van der Waals surface area contributed by atoms with Crippen molar-refractivity contribution < 1.29 is 0 Å². The number of aryl methyl sites for hydroxylation is 1. The summed E-state index contributed by atoms with van der Waals surface area (Å²) in [6.45, 7) is 2.08. The molecule has 0 saturated carbocycles. The third-order valence-electron chi connectivity index (χ3n) is 3.70. The Balaban J connectivity index is 2.46. The van der Waals surface area contributed by atoms with Crippen LogP contribution in [-0.2, 0) is 6.42 Å². The van der Waals surface area contributed by atoms with Gasteiger partial charge in [-0.25, -0.2) is 4.79 Å². The van der Waals surface area contributed by atoms with Crippen molar-refractivity contribution in [3.05, 3.63) is 63.5 Å². The number of anilines is 1. The molecular weight excluding hydrogens is 298 g/mol. The van der Waals surface area contributed by atoms with Crippen molar-refractivity contribution in [3.63, 3.8) is 0 Å². The summed E-state index contributed by atoms with van der Waals surface area (Å²) in [5.74, 6) is 0.575. The smallest absolute Gasteiger partial charge is 0.354 e. The van der Waals surface area contributed by atoms with Gasteiger partial charge in [0.15, 0.2) is 0 Å². The molecular formula is C17H16ClN3O. The SMILES string of the molecule is CCc1ccc2c(NC)nc(=O)n(-c3ccccc3Cl)c2c1. The Morgan fingerprint density at radius 1 is 1.23 bits per heavy atom. The molecule has 0 fully saturated rings. The van der Waals surface area contributed by atoms with Crippen LogP contribution in [0.15, 0.2) is 47.3 Å². The number of fused-ring (bicyclic) bond motifs is 1. The molecule has 3 rings (SSSR count). The average Bonchev–Trinajstić information content (AvgIpc) is 2.54. The van der Waals surface area contributed by atoms with Crippen LogP contribution in [0.2, 0.25) is 5.02 Å². The lowest BCUT2D eigenvalue weighted by Crippen LogP contribution is -2.23. The maximum atomic E-state index is 12.5.